The van der Waals surface area contributed by atoms with E-state index < -0.39 is 0 Å². The molecule has 1 aliphatic heterocycles. The minimum Gasteiger partial charge on any atom is -0.371 e. The molecular weight excluding hydrogens is 331 g/mol. The van der Waals surface area contributed by atoms with E-state index in [-0.39, 0.29) is 5.82 Å². The Kier molecular flexibility index (Phi) is 4.94. The molecule has 0 radical (unpaired) electrons. The zero-order valence-corrected chi connectivity index (χ0v) is 15.6. The lowest BCUT2D eigenvalue weighted by molar-refractivity contribution is 0.193. The molecule has 0 bridgehead atoms. The van der Waals surface area contributed by atoms with Gasteiger partial charge in [-0.05, 0) is 63.4 Å². The summed E-state index contributed by atoms with van der Waals surface area (Å²) in [7, 11) is 2.14. The summed E-state index contributed by atoms with van der Waals surface area (Å²) in [6.45, 7) is 4.69. The van der Waals surface area contributed by atoms with Crippen LogP contribution in [0.3, 0.4) is 0 Å². The third kappa shape index (κ3) is 3.61. The summed E-state index contributed by atoms with van der Waals surface area (Å²) >= 11 is 0. The van der Waals surface area contributed by atoms with E-state index in [1.54, 1.807) is 12.1 Å². The zero-order chi connectivity index (χ0) is 18.1. The van der Waals surface area contributed by atoms with Gasteiger partial charge >= 0.3 is 0 Å². The number of rotatable bonds is 5. The van der Waals surface area contributed by atoms with Crippen LogP contribution in [0.4, 0.5) is 10.1 Å². The van der Waals surface area contributed by atoms with Gasteiger partial charge in [-0.15, -0.1) is 0 Å². The predicted molar refractivity (Wildman–Crippen MR) is 98.7 cm³/mol. The second-order valence-corrected chi connectivity index (χ2v) is 7.74. The molecule has 0 unspecified atom stereocenters. The van der Waals surface area contributed by atoms with Crippen LogP contribution in [0.5, 0.6) is 0 Å². The van der Waals surface area contributed by atoms with Gasteiger partial charge < -0.3 is 9.42 Å². The number of aromatic nitrogens is 2. The average Bonchev–Trinajstić information content (AvgIpc) is 3.01. The molecule has 5 nitrogen and oxygen atoms in total. The van der Waals surface area contributed by atoms with Crippen molar-refractivity contribution < 1.29 is 8.91 Å². The van der Waals surface area contributed by atoms with Crippen molar-refractivity contribution in [2.24, 2.45) is 0 Å². The van der Waals surface area contributed by atoms with E-state index in [0.717, 1.165) is 55.4 Å². The molecule has 2 aromatic rings. The Labute approximate surface area is 154 Å². The topological polar surface area (TPSA) is 45.4 Å². The summed E-state index contributed by atoms with van der Waals surface area (Å²) in [5.74, 6) is 1.94. The van der Waals surface area contributed by atoms with Crippen LogP contribution in [-0.4, -0.2) is 41.2 Å². The van der Waals surface area contributed by atoms with Crippen LogP contribution < -0.4 is 4.90 Å². The van der Waals surface area contributed by atoms with Gasteiger partial charge in [-0.2, -0.15) is 4.98 Å². The number of piperidine rings is 1. The SMILES string of the molecule is Cc1cc(F)ccc1N1CCC(N(C)Cc2noc(C3CCC3)n2)CC1. The Balaban J connectivity index is 1.31. The van der Waals surface area contributed by atoms with E-state index in [4.69, 9.17) is 4.52 Å². The summed E-state index contributed by atoms with van der Waals surface area (Å²) in [4.78, 5) is 9.28. The van der Waals surface area contributed by atoms with Gasteiger partial charge in [0.25, 0.3) is 0 Å². The van der Waals surface area contributed by atoms with Gasteiger partial charge in [-0.1, -0.05) is 11.6 Å². The Hall–Kier alpha value is -1.95. The molecule has 26 heavy (non-hydrogen) atoms. The second kappa shape index (κ2) is 7.35. The summed E-state index contributed by atoms with van der Waals surface area (Å²) in [5.41, 5.74) is 2.16. The van der Waals surface area contributed by atoms with Crippen LogP contribution in [0.25, 0.3) is 0 Å². The van der Waals surface area contributed by atoms with E-state index in [1.165, 1.54) is 19.3 Å². The number of benzene rings is 1. The zero-order valence-electron chi connectivity index (χ0n) is 15.6. The number of hydrogen-bond acceptors (Lipinski definition) is 5. The molecule has 0 atom stereocenters. The van der Waals surface area contributed by atoms with E-state index in [2.05, 4.69) is 27.0 Å². The average molecular weight is 358 g/mol. The molecule has 0 spiro atoms. The lowest BCUT2D eigenvalue weighted by Crippen LogP contribution is -2.43. The van der Waals surface area contributed by atoms with Gasteiger partial charge in [0.2, 0.25) is 5.89 Å². The Bertz CT molecular complexity index is 750. The highest BCUT2D eigenvalue weighted by atomic mass is 19.1. The molecule has 0 N–H and O–H groups in total. The van der Waals surface area contributed by atoms with E-state index >= 15 is 0 Å². The summed E-state index contributed by atoms with van der Waals surface area (Å²) < 4.78 is 18.8. The lowest BCUT2D eigenvalue weighted by atomic mass is 9.85. The fourth-order valence-corrected chi connectivity index (χ4v) is 4.03. The van der Waals surface area contributed by atoms with Crippen molar-refractivity contribution in [3.05, 3.63) is 41.3 Å². The van der Waals surface area contributed by atoms with Crippen molar-refractivity contribution in [3.63, 3.8) is 0 Å². The van der Waals surface area contributed by atoms with Crippen LogP contribution in [0.15, 0.2) is 22.7 Å². The van der Waals surface area contributed by atoms with Crippen LogP contribution in [0.1, 0.15) is 55.3 Å². The monoisotopic (exact) mass is 358 g/mol. The summed E-state index contributed by atoms with van der Waals surface area (Å²) in [6.07, 6.45) is 5.80. The maximum Gasteiger partial charge on any atom is 0.229 e. The van der Waals surface area contributed by atoms with Crippen LogP contribution in [-0.2, 0) is 6.54 Å². The van der Waals surface area contributed by atoms with Gasteiger partial charge in [0.15, 0.2) is 5.82 Å². The minimum absolute atomic E-state index is 0.165. The summed E-state index contributed by atoms with van der Waals surface area (Å²) in [5, 5.41) is 4.16. The molecule has 6 heteroatoms. The highest BCUT2D eigenvalue weighted by Gasteiger charge is 2.27. The Morgan fingerprint density at radius 2 is 2.00 bits per heavy atom. The second-order valence-electron chi connectivity index (χ2n) is 7.74. The predicted octanol–water partition coefficient (Wildman–Crippen LogP) is 3.89. The van der Waals surface area contributed by atoms with E-state index in [1.807, 2.05) is 13.0 Å². The number of hydrogen-bond donors (Lipinski definition) is 0. The first-order chi connectivity index (χ1) is 12.6. The van der Waals surface area contributed by atoms with Gasteiger partial charge in [0.1, 0.15) is 5.82 Å². The molecule has 0 amide bonds. The van der Waals surface area contributed by atoms with Crippen molar-refractivity contribution in [3.8, 4) is 0 Å². The quantitative estimate of drug-likeness (QED) is 0.811. The molecule has 1 saturated carbocycles. The smallest absolute Gasteiger partial charge is 0.229 e. The van der Waals surface area contributed by atoms with Crippen LogP contribution >= 0.6 is 0 Å². The van der Waals surface area contributed by atoms with Gasteiger partial charge in [-0.3, -0.25) is 4.90 Å². The first-order valence-electron chi connectivity index (χ1n) is 9.64. The number of aryl methyl sites for hydroxylation is 1. The van der Waals surface area contributed by atoms with E-state index in [0.29, 0.717) is 12.0 Å². The van der Waals surface area contributed by atoms with Gasteiger partial charge in [-0.25, -0.2) is 4.39 Å². The van der Waals surface area contributed by atoms with Crippen molar-refractivity contribution in [2.45, 2.75) is 57.5 Å². The van der Waals surface area contributed by atoms with Gasteiger partial charge in [0, 0.05) is 30.7 Å². The van der Waals surface area contributed by atoms with Crippen LogP contribution in [0.2, 0.25) is 0 Å². The van der Waals surface area contributed by atoms with Crippen molar-refractivity contribution in [1.82, 2.24) is 15.0 Å². The van der Waals surface area contributed by atoms with Gasteiger partial charge in [0.05, 0.1) is 6.54 Å². The molecule has 2 aliphatic rings. The summed E-state index contributed by atoms with van der Waals surface area (Å²) in [6, 6.07) is 5.58. The fraction of sp³-hybridized carbons (Fsp3) is 0.600. The molecule has 1 saturated heterocycles. The van der Waals surface area contributed by atoms with Crippen LogP contribution in [0, 0.1) is 12.7 Å². The third-order valence-corrected chi connectivity index (χ3v) is 5.92. The number of nitrogens with zero attached hydrogens (tertiary/aromatic N) is 4. The Morgan fingerprint density at radius 3 is 2.65 bits per heavy atom. The lowest BCUT2D eigenvalue weighted by Gasteiger charge is -2.38. The highest BCUT2D eigenvalue weighted by molar-refractivity contribution is 5.53. The van der Waals surface area contributed by atoms with E-state index in [9.17, 15) is 4.39 Å². The standard InChI is InChI=1S/C20H27FN4O/c1-14-12-16(21)6-7-18(14)25-10-8-17(9-11-25)24(2)13-19-22-20(26-23-19)15-4-3-5-15/h6-7,12,15,17H,3-5,8-11,13H2,1-2H3. The number of halogens is 1. The molecule has 1 aromatic carbocycles. The Morgan fingerprint density at radius 1 is 1.23 bits per heavy atom. The molecule has 1 aromatic heterocycles. The maximum absolute atomic E-state index is 13.3. The molecule has 1 aliphatic carbocycles. The molecule has 2 heterocycles. The largest absolute Gasteiger partial charge is 0.371 e. The van der Waals surface area contributed by atoms with Crippen molar-refractivity contribution in [2.75, 3.05) is 25.0 Å². The molecule has 140 valence electrons. The first-order valence-corrected chi connectivity index (χ1v) is 9.64. The normalized spacial score (nSPS) is 19.2. The molecule has 4 rings (SSSR count). The molecule has 2 fully saturated rings. The maximum atomic E-state index is 13.3. The molecular formula is C20H27FN4O. The van der Waals surface area contributed by atoms with Crippen molar-refractivity contribution >= 4 is 5.69 Å². The number of anilines is 1. The first kappa shape index (κ1) is 17.5. The highest BCUT2D eigenvalue weighted by Crippen LogP contribution is 2.35. The van der Waals surface area contributed by atoms with Crippen molar-refractivity contribution in [1.29, 1.82) is 0 Å². The fourth-order valence-electron chi connectivity index (χ4n) is 4.03. The third-order valence-electron chi connectivity index (χ3n) is 5.92. The minimum atomic E-state index is -0.165.